The van der Waals surface area contributed by atoms with Gasteiger partial charge in [0.05, 0.1) is 0 Å². The van der Waals surface area contributed by atoms with Crippen LogP contribution in [0.15, 0.2) is 0 Å². The molecule has 0 atom stereocenters. The lowest BCUT2D eigenvalue weighted by atomic mass is 10.4. The second-order valence-corrected chi connectivity index (χ2v) is 4.73. The van der Waals surface area contributed by atoms with Crippen molar-refractivity contribution in [1.29, 1.82) is 0 Å². The minimum absolute atomic E-state index is 0.849. The first-order valence-electron chi connectivity index (χ1n) is 6.27. The Bertz CT molecular complexity index is 326. The number of nitrogens with one attached hydrogen (secondary N) is 2. The molecule has 1 aromatic rings. The first kappa shape index (κ1) is 12.3. The van der Waals surface area contributed by atoms with Crippen molar-refractivity contribution in [3.63, 3.8) is 0 Å². The Hall–Kier alpha value is -1.14. The van der Waals surface area contributed by atoms with Crippen LogP contribution in [0, 0.1) is 0 Å². The van der Waals surface area contributed by atoms with E-state index in [4.69, 9.17) is 0 Å². The first-order valence-corrected chi connectivity index (χ1v) is 6.27. The number of rotatable bonds is 4. The molecule has 0 saturated carbocycles. The molecule has 17 heavy (non-hydrogen) atoms. The topological polar surface area (TPSA) is 60.1 Å². The molecule has 1 saturated heterocycles. The van der Waals surface area contributed by atoms with Gasteiger partial charge in [0.2, 0.25) is 5.95 Å². The molecule has 1 aromatic heterocycles. The average molecular weight is 238 g/mol. The van der Waals surface area contributed by atoms with Crippen LogP contribution in [0.5, 0.6) is 0 Å². The van der Waals surface area contributed by atoms with E-state index in [0.29, 0.717) is 0 Å². The number of aromatic amines is 1. The maximum absolute atomic E-state index is 4.55. The molecule has 0 aromatic carbocycles. The van der Waals surface area contributed by atoms with Crippen molar-refractivity contribution in [1.82, 2.24) is 25.4 Å². The fourth-order valence-electron chi connectivity index (χ4n) is 1.91. The van der Waals surface area contributed by atoms with Crippen LogP contribution < -0.4 is 10.2 Å². The molecule has 0 radical (unpaired) electrons. The Labute approximate surface area is 102 Å². The van der Waals surface area contributed by atoms with E-state index in [1.54, 1.807) is 0 Å². The molecule has 0 bridgehead atoms. The van der Waals surface area contributed by atoms with Crippen LogP contribution in [0.1, 0.15) is 12.2 Å². The van der Waals surface area contributed by atoms with Crippen LogP contribution in [-0.2, 0) is 6.42 Å². The third-order valence-electron chi connectivity index (χ3n) is 2.94. The third kappa shape index (κ3) is 3.67. The Morgan fingerprint density at radius 3 is 3.00 bits per heavy atom. The van der Waals surface area contributed by atoms with E-state index >= 15 is 0 Å². The number of nitrogens with zero attached hydrogens (tertiary/aromatic N) is 4. The van der Waals surface area contributed by atoms with Crippen molar-refractivity contribution >= 4 is 5.95 Å². The van der Waals surface area contributed by atoms with Crippen molar-refractivity contribution in [3.05, 3.63) is 5.82 Å². The number of aromatic nitrogens is 3. The van der Waals surface area contributed by atoms with E-state index in [9.17, 15) is 0 Å². The van der Waals surface area contributed by atoms with Crippen LogP contribution >= 0.6 is 0 Å². The van der Waals surface area contributed by atoms with Crippen LogP contribution in [0.4, 0.5) is 5.95 Å². The number of anilines is 1. The smallest absolute Gasteiger partial charge is 0.244 e. The normalized spacial score (nSPS) is 17.5. The lowest BCUT2D eigenvalue weighted by Gasteiger charge is -2.16. The predicted molar refractivity (Wildman–Crippen MR) is 68.3 cm³/mol. The summed E-state index contributed by atoms with van der Waals surface area (Å²) in [4.78, 5) is 8.95. The van der Waals surface area contributed by atoms with Gasteiger partial charge in [0.25, 0.3) is 0 Å². The highest BCUT2D eigenvalue weighted by atomic mass is 15.4. The number of likely N-dealkylation sites (N-methyl/N-ethyl adjacent to an activating group) is 1. The summed E-state index contributed by atoms with van der Waals surface area (Å²) in [7, 11) is 4.13. The van der Waals surface area contributed by atoms with Crippen LogP contribution in [-0.4, -0.2) is 66.9 Å². The van der Waals surface area contributed by atoms with E-state index in [1.807, 2.05) is 0 Å². The number of hydrogen-bond donors (Lipinski definition) is 2. The third-order valence-corrected chi connectivity index (χ3v) is 2.94. The quantitative estimate of drug-likeness (QED) is 0.755. The van der Waals surface area contributed by atoms with Gasteiger partial charge in [-0.25, -0.2) is 0 Å². The number of hydrogen-bond acceptors (Lipinski definition) is 5. The highest BCUT2D eigenvalue weighted by Crippen LogP contribution is 2.08. The van der Waals surface area contributed by atoms with Gasteiger partial charge in [-0.05, 0) is 27.1 Å². The minimum Gasteiger partial charge on any atom is -0.338 e. The van der Waals surface area contributed by atoms with Crippen LogP contribution in [0.25, 0.3) is 0 Å². The summed E-state index contributed by atoms with van der Waals surface area (Å²) in [6.07, 6.45) is 2.08. The van der Waals surface area contributed by atoms with Crippen LogP contribution in [0.2, 0.25) is 0 Å². The standard InChI is InChI=1S/C11H22N6/c1-16(2)8-4-10-13-11(15-14-10)17-7-3-5-12-6-9-17/h12H,3-9H2,1-2H3,(H,13,14,15). The summed E-state index contributed by atoms with van der Waals surface area (Å²) in [6, 6.07) is 0. The molecule has 1 aliphatic heterocycles. The van der Waals surface area contributed by atoms with Gasteiger partial charge in [-0.15, -0.1) is 5.10 Å². The molecule has 0 amide bonds. The first-order chi connectivity index (χ1) is 8.25. The second-order valence-electron chi connectivity index (χ2n) is 4.73. The molecule has 2 N–H and O–H groups in total. The van der Waals surface area contributed by atoms with Gasteiger partial charge in [-0.3, -0.25) is 5.10 Å². The second kappa shape index (κ2) is 5.97. The van der Waals surface area contributed by atoms with Crippen molar-refractivity contribution < 1.29 is 0 Å². The summed E-state index contributed by atoms with van der Waals surface area (Å²) < 4.78 is 0. The lowest BCUT2D eigenvalue weighted by Crippen LogP contribution is -2.28. The molecule has 0 unspecified atom stereocenters. The highest BCUT2D eigenvalue weighted by molar-refractivity contribution is 5.28. The Balaban J connectivity index is 1.92. The van der Waals surface area contributed by atoms with Crippen molar-refractivity contribution in [2.75, 3.05) is 51.7 Å². The molecule has 6 heteroatoms. The Kier molecular flexibility index (Phi) is 4.33. The van der Waals surface area contributed by atoms with E-state index in [2.05, 4.69) is 44.4 Å². The van der Waals surface area contributed by atoms with E-state index in [1.165, 1.54) is 0 Å². The summed E-state index contributed by atoms with van der Waals surface area (Å²) >= 11 is 0. The Morgan fingerprint density at radius 2 is 2.18 bits per heavy atom. The van der Waals surface area contributed by atoms with Crippen molar-refractivity contribution in [3.8, 4) is 0 Å². The van der Waals surface area contributed by atoms with Crippen LogP contribution in [0.3, 0.4) is 0 Å². The van der Waals surface area contributed by atoms with Gasteiger partial charge in [-0.1, -0.05) is 0 Å². The predicted octanol–water partition coefficient (Wildman–Crippen LogP) is -0.291. The van der Waals surface area contributed by atoms with Crippen molar-refractivity contribution in [2.24, 2.45) is 0 Å². The molecule has 0 spiro atoms. The van der Waals surface area contributed by atoms with Gasteiger partial charge in [0.1, 0.15) is 5.82 Å². The molecule has 6 nitrogen and oxygen atoms in total. The summed E-state index contributed by atoms with van der Waals surface area (Å²) in [6.45, 7) is 5.13. The molecule has 2 rings (SSSR count). The van der Waals surface area contributed by atoms with E-state index in [-0.39, 0.29) is 0 Å². The average Bonchev–Trinajstić information content (AvgIpc) is 2.60. The molecule has 1 fully saturated rings. The summed E-state index contributed by atoms with van der Waals surface area (Å²) in [5.74, 6) is 1.83. The van der Waals surface area contributed by atoms with Gasteiger partial charge in [0, 0.05) is 32.6 Å². The maximum Gasteiger partial charge on any atom is 0.244 e. The minimum atomic E-state index is 0.849. The maximum atomic E-state index is 4.55. The zero-order valence-electron chi connectivity index (χ0n) is 10.7. The van der Waals surface area contributed by atoms with E-state index < -0.39 is 0 Å². The van der Waals surface area contributed by atoms with Gasteiger partial charge in [0.15, 0.2) is 0 Å². The zero-order chi connectivity index (χ0) is 12.1. The van der Waals surface area contributed by atoms with Crippen molar-refractivity contribution in [2.45, 2.75) is 12.8 Å². The summed E-state index contributed by atoms with van der Waals surface area (Å²) in [5.41, 5.74) is 0. The fraction of sp³-hybridized carbons (Fsp3) is 0.818. The fourth-order valence-corrected chi connectivity index (χ4v) is 1.91. The van der Waals surface area contributed by atoms with Gasteiger partial charge < -0.3 is 15.1 Å². The molecular formula is C11H22N6. The van der Waals surface area contributed by atoms with Gasteiger partial charge in [-0.2, -0.15) is 4.98 Å². The van der Waals surface area contributed by atoms with Gasteiger partial charge >= 0.3 is 0 Å². The highest BCUT2D eigenvalue weighted by Gasteiger charge is 2.13. The zero-order valence-corrected chi connectivity index (χ0v) is 10.7. The monoisotopic (exact) mass is 238 g/mol. The largest absolute Gasteiger partial charge is 0.338 e. The molecule has 0 aliphatic carbocycles. The molecule has 96 valence electrons. The SMILES string of the molecule is CN(C)CCc1nc(N2CCCNCC2)n[nH]1. The lowest BCUT2D eigenvalue weighted by molar-refractivity contribution is 0.410. The molecular weight excluding hydrogens is 216 g/mol. The molecule has 1 aliphatic rings. The number of H-pyrrole nitrogens is 1. The molecule has 2 heterocycles. The summed E-state index contributed by atoms with van der Waals surface area (Å²) in [5, 5.41) is 10.7. The Morgan fingerprint density at radius 1 is 1.29 bits per heavy atom. The van der Waals surface area contributed by atoms with E-state index in [0.717, 1.165) is 57.3 Å².